The number of alkyl halides is 5. The van der Waals surface area contributed by atoms with Gasteiger partial charge in [0, 0.05) is 13.0 Å². The van der Waals surface area contributed by atoms with Crippen molar-refractivity contribution in [3.8, 4) is 0 Å². The molecule has 9 heteroatoms. The molecule has 0 saturated carbocycles. The predicted molar refractivity (Wildman–Crippen MR) is 81.0 cm³/mol. The van der Waals surface area contributed by atoms with Gasteiger partial charge in [-0.2, -0.15) is 22.0 Å². The average molecular weight is 373 g/mol. The van der Waals surface area contributed by atoms with Crippen LogP contribution in [0.3, 0.4) is 0 Å². The summed E-state index contributed by atoms with van der Waals surface area (Å²) in [4.78, 5) is 16.7. The molecule has 25 heavy (non-hydrogen) atoms. The van der Waals surface area contributed by atoms with Gasteiger partial charge in [-0.25, -0.2) is 4.79 Å². The molecule has 0 aromatic rings. The fourth-order valence-electron chi connectivity index (χ4n) is 2.27. The highest BCUT2D eigenvalue weighted by atomic mass is 19.4. The number of carbonyl (C=O) groups is 1. The minimum Gasteiger partial charge on any atom is -0.427 e. The molecule has 0 aliphatic carbocycles. The summed E-state index contributed by atoms with van der Waals surface area (Å²) in [6.45, 7) is 5.60. The second-order valence-electron chi connectivity index (χ2n) is 6.93. The minimum absolute atomic E-state index is 0.0858. The highest BCUT2D eigenvalue weighted by molar-refractivity contribution is 5.60. The van der Waals surface area contributed by atoms with Gasteiger partial charge in [0.15, 0.2) is 0 Å². The first-order valence-corrected chi connectivity index (χ1v) is 8.11. The average Bonchev–Trinajstić information content (AvgIpc) is 2.81. The Morgan fingerprint density at radius 2 is 1.84 bits per heavy atom. The number of rotatable bonds is 6. The summed E-state index contributed by atoms with van der Waals surface area (Å²) in [6.07, 6.45) is -3.15. The Hall–Kier alpha value is -1.38. The first-order chi connectivity index (χ1) is 11.3. The van der Waals surface area contributed by atoms with Crippen molar-refractivity contribution < 1.29 is 36.3 Å². The van der Waals surface area contributed by atoms with Crippen molar-refractivity contribution in [1.29, 1.82) is 0 Å². The molecule has 1 rings (SSSR count). The smallest absolute Gasteiger partial charge is 0.427 e. The van der Waals surface area contributed by atoms with Crippen molar-refractivity contribution in [2.75, 3.05) is 6.54 Å². The molecule has 0 bridgehead atoms. The van der Waals surface area contributed by atoms with Gasteiger partial charge < -0.3 is 9.57 Å². The molecule has 1 fully saturated rings. The van der Waals surface area contributed by atoms with E-state index in [1.54, 1.807) is 26.8 Å². The van der Waals surface area contributed by atoms with Gasteiger partial charge in [0.2, 0.25) is 0 Å². The standard InChI is InChI=1S/C16H24F5NO3/c1-14(2,3)24-13(23)25-22-11-7-9-12(22)8-5-4-6-10-15(17,18)16(19,20)21/h5,8,12H,4,6-7,9-11H2,1-3H3/b8-5-/t12-/m1/s1. The lowest BCUT2D eigenvalue weighted by Gasteiger charge is -2.24. The number of halogens is 5. The second kappa shape index (κ2) is 8.33. The number of nitrogens with zero attached hydrogens (tertiary/aromatic N) is 1. The van der Waals surface area contributed by atoms with Crippen LogP contribution in [-0.2, 0) is 9.57 Å². The molecule has 1 atom stereocenters. The van der Waals surface area contributed by atoms with Crippen LogP contribution in [0.2, 0.25) is 0 Å². The van der Waals surface area contributed by atoms with E-state index in [-0.39, 0.29) is 18.9 Å². The van der Waals surface area contributed by atoms with Crippen molar-refractivity contribution in [3.05, 3.63) is 12.2 Å². The molecule has 0 amide bonds. The molecule has 4 nitrogen and oxygen atoms in total. The molecule has 1 heterocycles. The lowest BCUT2D eigenvalue weighted by Crippen LogP contribution is -2.36. The summed E-state index contributed by atoms with van der Waals surface area (Å²) in [7, 11) is 0. The fraction of sp³-hybridized carbons (Fsp3) is 0.812. The monoisotopic (exact) mass is 373 g/mol. The molecular formula is C16H24F5NO3. The Bertz CT molecular complexity index is 471. The van der Waals surface area contributed by atoms with Crippen LogP contribution in [0.1, 0.15) is 52.9 Å². The highest BCUT2D eigenvalue weighted by Crippen LogP contribution is 2.39. The number of allylic oxidation sites excluding steroid dienone is 1. The van der Waals surface area contributed by atoms with E-state index in [2.05, 4.69) is 0 Å². The zero-order chi connectivity index (χ0) is 19.3. The van der Waals surface area contributed by atoms with Crippen LogP contribution in [-0.4, -0.2) is 41.5 Å². The molecule has 1 saturated heterocycles. The Morgan fingerprint density at radius 1 is 1.20 bits per heavy atom. The van der Waals surface area contributed by atoms with E-state index in [1.807, 2.05) is 0 Å². The van der Waals surface area contributed by atoms with Crippen LogP contribution < -0.4 is 0 Å². The van der Waals surface area contributed by atoms with Crippen LogP contribution in [0.4, 0.5) is 26.7 Å². The first kappa shape index (κ1) is 21.7. The molecule has 0 spiro atoms. The SMILES string of the molecule is CC(C)(C)OC(=O)ON1CCC[C@H]1/C=C\CCCC(F)(F)C(F)(F)F. The highest BCUT2D eigenvalue weighted by Gasteiger charge is 2.56. The minimum atomic E-state index is -5.51. The zero-order valence-electron chi connectivity index (χ0n) is 14.5. The molecule has 0 radical (unpaired) electrons. The Balaban J connectivity index is 2.40. The molecular weight excluding hydrogens is 349 g/mol. The van der Waals surface area contributed by atoms with Gasteiger partial charge in [-0.15, -0.1) is 5.06 Å². The quantitative estimate of drug-likeness (QED) is 0.276. The number of hydrogen-bond donors (Lipinski definition) is 0. The van der Waals surface area contributed by atoms with Gasteiger partial charge in [-0.1, -0.05) is 12.2 Å². The number of hydroxylamine groups is 2. The van der Waals surface area contributed by atoms with Crippen molar-refractivity contribution in [3.63, 3.8) is 0 Å². The number of unbranched alkanes of at least 4 members (excludes halogenated alkanes) is 1. The fourth-order valence-corrected chi connectivity index (χ4v) is 2.27. The summed E-state index contributed by atoms with van der Waals surface area (Å²) in [5.74, 6) is -4.67. The molecule has 0 aromatic carbocycles. The molecule has 0 unspecified atom stereocenters. The Kier molecular flexibility index (Phi) is 7.22. The molecule has 146 valence electrons. The van der Waals surface area contributed by atoms with Crippen LogP contribution in [0.15, 0.2) is 12.2 Å². The molecule has 0 aromatic heterocycles. The zero-order valence-corrected chi connectivity index (χ0v) is 14.5. The van der Waals surface area contributed by atoms with Gasteiger partial charge >= 0.3 is 18.3 Å². The number of hydrogen-bond acceptors (Lipinski definition) is 4. The summed E-state index contributed by atoms with van der Waals surface area (Å²) in [6, 6.07) is -0.240. The second-order valence-corrected chi connectivity index (χ2v) is 6.93. The number of carbonyl (C=O) groups excluding carboxylic acids is 1. The van der Waals surface area contributed by atoms with Crippen LogP contribution in [0.25, 0.3) is 0 Å². The van der Waals surface area contributed by atoms with Crippen molar-refractivity contribution in [2.45, 2.75) is 76.6 Å². The van der Waals surface area contributed by atoms with Gasteiger partial charge in [0.05, 0.1) is 6.04 Å². The maximum atomic E-state index is 12.8. The molecule has 1 aliphatic rings. The Labute approximate surface area is 143 Å². The lowest BCUT2D eigenvalue weighted by atomic mass is 10.1. The van der Waals surface area contributed by atoms with Crippen LogP contribution in [0, 0.1) is 0 Å². The van der Waals surface area contributed by atoms with Gasteiger partial charge in [0.25, 0.3) is 0 Å². The van der Waals surface area contributed by atoms with Gasteiger partial charge in [-0.3, -0.25) is 0 Å². The van der Waals surface area contributed by atoms with E-state index in [4.69, 9.17) is 9.57 Å². The summed E-state index contributed by atoms with van der Waals surface area (Å²) in [5, 5.41) is 1.43. The van der Waals surface area contributed by atoms with E-state index in [0.29, 0.717) is 13.0 Å². The van der Waals surface area contributed by atoms with E-state index < -0.39 is 30.3 Å². The largest absolute Gasteiger partial charge is 0.528 e. The van der Waals surface area contributed by atoms with E-state index in [0.717, 1.165) is 6.42 Å². The number of ether oxygens (including phenoxy) is 1. The van der Waals surface area contributed by atoms with Crippen LogP contribution in [0.5, 0.6) is 0 Å². The van der Waals surface area contributed by atoms with Crippen molar-refractivity contribution in [1.82, 2.24) is 5.06 Å². The van der Waals surface area contributed by atoms with E-state index in [1.165, 1.54) is 11.1 Å². The van der Waals surface area contributed by atoms with Crippen molar-refractivity contribution in [2.24, 2.45) is 0 Å². The maximum absolute atomic E-state index is 12.8. The third-order valence-electron chi connectivity index (χ3n) is 3.46. The third kappa shape index (κ3) is 7.58. The third-order valence-corrected chi connectivity index (χ3v) is 3.46. The predicted octanol–water partition coefficient (Wildman–Crippen LogP) is 5.24. The van der Waals surface area contributed by atoms with E-state index >= 15 is 0 Å². The van der Waals surface area contributed by atoms with Crippen molar-refractivity contribution >= 4 is 6.16 Å². The Morgan fingerprint density at radius 3 is 2.40 bits per heavy atom. The normalized spacial score (nSPS) is 20.2. The van der Waals surface area contributed by atoms with Gasteiger partial charge in [0.1, 0.15) is 5.60 Å². The summed E-state index contributed by atoms with van der Waals surface area (Å²) < 4.78 is 66.7. The van der Waals surface area contributed by atoms with E-state index in [9.17, 15) is 26.7 Å². The lowest BCUT2D eigenvalue weighted by molar-refractivity contribution is -0.284. The van der Waals surface area contributed by atoms with Crippen LogP contribution >= 0.6 is 0 Å². The molecule has 1 aliphatic heterocycles. The summed E-state index contributed by atoms with van der Waals surface area (Å²) >= 11 is 0. The summed E-state index contributed by atoms with van der Waals surface area (Å²) in [5.41, 5.74) is -0.689. The topological polar surface area (TPSA) is 38.8 Å². The maximum Gasteiger partial charge on any atom is 0.528 e. The van der Waals surface area contributed by atoms with Gasteiger partial charge in [-0.05, 0) is 46.5 Å². The first-order valence-electron chi connectivity index (χ1n) is 8.11. The molecule has 0 N–H and O–H groups in total.